The Morgan fingerprint density at radius 3 is 2.34 bits per heavy atom. The molecule has 0 saturated carbocycles. The highest BCUT2D eigenvalue weighted by Crippen LogP contribution is 2.18. The first-order chi connectivity index (χ1) is 15.4. The van der Waals surface area contributed by atoms with Gasteiger partial charge in [0.1, 0.15) is 5.82 Å². The summed E-state index contributed by atoms with van der Waals surface area (Å²) in [5, 5.41) is 16.2. The van der Waals surface area contributed by atoms with Gasteiger partial charge in [-0.15, -0.1) is 0 Å². The van der Waals surface area contributed by atoms with Gasteiger partial charge in [0.15, 0.2) is 5.82 Å². The van der Waals surface area contributed by atoms with Crippen molar-refractivity contribution in [3.05, 3.63) is 77.2 Å². The zero-order valence-electron chi connectivity index (χ0n) is 18.1. The third-order valence-corrected chi connectivity index (χ3v) is 4.58. The van der Waals surface area contributed by atoms with Gasteiger partial charge in [0, 0.05) is 23.1 Å². The van der Waals surface area contributed by atoms with Crippen LogP contribution in [0.5, 0.6) is 0 Å². The number of carbonyl (C=O) groups is 1. The van der Waals surface area contributed by atoms with E-state index in [1.54, 1.807) is 13.0 Å². The predicted molar refractivity (Wildman–Crippen MR) is 124 cm³/mol. The van der Waals surface area contributed by atoms with Crippen molar-refractivity contribution < 1.29 is 4.79 Å². The van der Waals surface area contributed by atoms with Crippen LogP contribution in [0.2, 0.25) is 0 Å². The van der Waals surface area contributed by atoms with Crippen LogP contribution in [0.3, 0.4) is 0 Å². The molecule has 1 amide bonds. The molecule has 2 heterocycles. The highest BCUT2D eigenvalue weighted by molar-refractivity contribution is 5.92. The molecule has 2 aromatic heterocycles. The van der Waals surface area contributed by atoms with E-state index in [1.165, 1.54) is 0 Å². The number of aromatic amines is 1. The van der Waals surface area contributed by atoms with Gasteiger partial charge in [0.25, 0.3) is 0 Å². The van der Waals surface area contributed by atoms with E-state index >= 15 is 0 Å². The maximum atomic E-state index is 12.3. The summed E-state index contributed by atoms with van der Waals surface area (Å²) in [6, 6.07) is 17.3. The van der Waals surface area contributed by atoms with Crippen LogP contribution in [0.25, 0.3) is 0 Å². The Morgan fingerprint density at radius 1 is 0.844 bits per heavy atom. The largest absolute Gasteiger partial charge is 0.326 e. The highest BCUT2D eigenvalue weighted by atomic mass is 16.1. The first kappa shape index (κ1) is 21.0. The van der Waals surface area contributed by atoms with E-state index in [1.807, 2.05) is 62.4 Å². The molecule has 9 heteroatoms. The maximum absolute atomic E-state index is 12.3. The van der Waals surface area contributed by atoms with Crippen molar-refractivity contribution in [2.45, 2.75) is 27.2 Å². The Kier molecular flexibility index (Phi) is 6.07. The van der Waals surface area contributed by atoms with Crippen molar-refractivity contribution >= 4 is 35.0 Å². The van der Waals surface area contributed by atoms with Crippen molar-refractivity contribution in [3.63, 3.8) is 0 Å². The molecule has 0 atom stereocenters. The number of hydrogen-bond donors (Lipinski definition) is 4. The molecule has 0 unspecified atom stereocenters. The van der Waals surface area contributed by atoms with E-state index in [2.05, 4.69) is 41.1 Å². The van der Waals surface area contributed by atoms with Crippen molar-refractivity contribution in [2.75, 3.05) is 16.0 Å². The lowest BCUT2D eigenvalue weighted by Gasteiger charge is -2.08. The lowest BCUT2D eigenvalue weighted by atomic mass is 10.2. The van der Waals surface area contributed by atoms with Crippen molar-refractivity contribution in [3.8, 4) is 0 Å². The van der Waals surface area contributed by atoms with Crippen molar-refractivity contribution in [1.29, 1.82) is 0 Å². The SMILES string of the molecule is Cc1ccc(NC(=O)Cc2cc(Nc3nc(C)nc(Nc4cccc(C)c4)n3)n[nH]2)cc1. The second-order valence-electron chi connectivity index (χ2n) is 7.52. The second-order valence-corrected chi connectivity index (χ2v) is 7.52. The summed E-state index contributed by atoms with van der Waals surface area (Å²) >= 11 is 0. The van der Waals surface area contributed by atoms with Crippen LogP contribution in [0.15, 0.2) is 54.6 Å². The monoisotopic (exact) mass is 428 g/mol. The summed E-state index contributed by atoms with van der Waals surface area (Å²) < 4.78 is 0. The lowest BCUT2D eigenvalue weighted by molar-refractivity contribution is -0.115. The average Bonchev–Trinajstić information content (AvgIpc) is 3.15. The molecule has 2 aromatic carbocycles. The minimum Gasteiger partial charge on any atom is -0.326 e. The van der Waals surface area contributed by atoms with Crippen LogP contribution in [-0.2, 0) is 11.2 Å². The maximum Gasteiger partial charge on any atom is 0.233 e. The molecule has 32 heavy (non-hydrogen) atoms. The number of carbonyl (C=O) groups excluding carboxylic acids is 1. The number of aromatic nitrogens is 5. The molecule has 0 fully saturated rings. The van der Waals surface area contributed by atoms with E-state index in [-0.39, 0.29) is 12.3 Å². The topological polar surface area (TPSA) is 121 Å². The first-order valence-electron chi connectivity index (χ1n) is 10.2. The van der Waals surface area contributed by atoms with E-state index in [4.69, 9.17) is 0 Å². The number of benzene rings is 2. The van der Waals surface area contributed by atoms with Crippen LogP contribution in [-0.4, -0.2) is 31.1 Å². The first-order valence-corrected chi connectivity index (χ1v) is 10.2. The smallest absolute Gasteiger partial charge is 0.233 e. The summed E-state index contributed by atoms with van der Waals surface area (Å²) in [4.78, 5) is 25.4. The second kappa shape index (κ2) is 9.25. The van der Waals surface area contributed by atoms with Crippen LogP contribution < -0.4 is 16.0 Å². The van der Waals surface area contributed by atoms with Gasteiger partial charge in [-0.05, 0) is 50.6 Å². The fourth-order valence-electron chi connectivity index (χ4n) is 3.09. The van der Waals surface area contributed by atoms with Gasteiger partial charge < -0.3 is 16.0 Å². The predicted octanol–water partition coefficient (Wildman–Crippen LogP) is 4.19. The molecule has 4 aromatic rings. The van der Waals surface area contributed by atoms with Gasteiger partial charge in [-0.1, -0.05) is 29.8 Å². The van der Waals surface area contributed by atoms with Gasteiger partial charge in [0.05, 0.1) is 6.42 Å². The van der Waals surface area contributed by atoms with E-state index in [0.29, 0.717) is 29.2 Å². The minimum absolute atomic E-state index is 0.135. The summed E-state index contributed by atoms with van der Waals surface area (Å²) in [5.41, 5.74) is 4.59. The van der Waals surface area contributed by atoms with Crippen LogP contribution >= 0.6 is 0 Å². The number of hydrogen-bond acceptors (Lipinski definition) is 7. The highest BCUT2D eigenvalue weighted by Gasteiger charge is 2.10. The van der Waals surface area contributed by atoms with Gasteiger partial charge >= 0.3 is 0 Å². The van der Waals surface area contributed by atoms with E-state index < -0.39 is 0 Å². The molecule has 0 saturated heterocycles. The molecule has 4 N–H and O–H groups in total. The molecule has 4 rings (SSSR count). The van der Waals surface area contributed by atoms with Gasteiger partial charge in [-0.2, -0.15) is 20.1 Å². The molecular formula is C23H24N8O. The number of aryl methyl sites for hydroxylation is 3. The van der Waals surface area contributed by atoms with Crippen LogP contribution in [0.1, 0.15) is 22.6 Å². The number of nitrogens with zero attached hydrogens (tertiary/aromatic N) is 4. The Morgan fingerprint density at radius 2 is 1.59 bits per heavy atom. The fourth-order valence-corrected chi connectivity index (χ4v) is 3.09. The van der Waals surface area contributed by atoms with E-state index in [0.717, 1.165) is 22.5 Å². The number of nitrogens with one attached hydrogen (secondary N) is 4. The van der Waals surface area contributed by atoms with Crippen LogP contribution in [0, 0.1) is 20.8 Å². The van der Waals surface area contributed by atoms with E-state index in [9.17, 15) is 4.79 Å². The lowest BCUT2D eigenvalue weighted by Crippen LogP contribution is -2.14. The number of anilines is 5. The Hall–Kier alpha value is -4.27. The zero-order chi connectivity index (χ0) is 22.5. The normalized spacial score (nSPS) is 10.6. The quantitative estimate of drug-likeness (QED) is 0.348. The Labute approximate surface area is 185 Å². The van der Waals surface area contributed by atoms with Crippen LogP contribution in [0.4, 0.5) is 29.1 Å². The summed E-state index contributed by atoms with van der Waals surface area (Å²) in [7, 11) is 0. The number of amides is 1. The third-order valence-electron chi connectivity index (χ3n) is 4.58. The Balaban J connectivity index is 1.40. The molecule has 0 bridgehead atoms. The van der Waals surface area contributed by atoms with Gasteiger partial charge in [-0.3, -0.25) is 9.89 Å². The standard InChI is InChI=1S/C23H24N8O/c1-14-7-9-17(10-8-14)26-21(32)13-19-12-20(31-30-19)28-23-25-16(3)24-22(29-23)27-18-6-4-5-15(2)11-18/h4-12H,13H2,1-3H3,(H,26,32)(H3,24,25,27,28,29,30,31). The van der Waals surface area contributed by atoms with Crippen molar-refractivity contribution in [2.24, 2.45) is 0 Å². The molecule has 0 radical (unpaired) electrons. The number of rotatable bonds is 7. The molecule has 162 valence electrons. The summed E-state index contributed by atoms with van der Waals surface area (Å²) in [5.74, 6) is 1.72. The molecule has 0 aliphatic carbocycles. The Bertz CT molecular complexity index is 1230. The zero-order valence-corrected chi connectivity index (χ0v) is 18.1. The van der Waals surface area contributed by atoms with Crippen molar-refractivity contribution in [1.82, 2.24) is 25.1 Å². The summed E-state index contributed by atoms with van der Waals surface area (Å²) in [6.07, 6.45) is 0.166. The number of H-pyrrole nitrogens is 1. The minimum atomic E-state index is -0.135. The molecule has 0 aliphatic rings. The molecule has 0 aliphatic heterocycles. The van der Waals surface area contributed by atoms with Gasteiger partial charge in [-0.25, -0.2) is 0 Å². The summed E-state index contributed by atoms with van der Waals surface area (Å²) in [6.45, 7) is 5.81. The molecule has 0 spiro atoms. The fraction of sp³-hybridized carbons (Fsp3) is 0.174. The molecule has 9 nitrogen and oxygen atoms in total. The molecular weight excluding hydrogens is 404 g/mol. The average molecular weight is 429 g/mol. The third kappa shape index (κ3) is 5.66. The van der Waals surface area contributed by atoms with Gasteiger partial charge in [0.2, 0.25) is 17.8 Å².